The van der Waals surface area contributed by atoms with E-state index in [1.165, 1.54) is 12.4 Å². The summed E-state index contributed by atoms with van der Waals surface area (Å²) >= 11 is 0. The first kappa shape index (κ1) is 64.0. The van der Waals surface area contributed by atoms with Crippen LogP contribution in [0.4, 0.5) is 40.3 Å². The van der Waals surface area contributed by atoms with Crippen molar-refractivity contribution in [1.29, 1.82) is 0 Å². The number of hydrogen-bond acceptors (Lipinski definition) is 15. The topological polar surface area (TPSA) is 292 Å². The van der Waals surface area contributed by atoms with Crippen LogP contribution in [0.2, 0.25) is 0 Å². The molecule has 0 saturated carbocycles. The Kier molecular flexibility index (Phi) is 23.9. The van der Waals surface area contributed by atoms with Crippen LogP contribution in [0.15, 0.2) is 101 Å². The number of nitrogens with two attached hydrogens (primary N) is 3. The zero-order valence-electron chi connectivity index (χ0n) is 47.2. The number of nitrogens with zero attached hydrogens (tertiary/aromatic N) is 6. The van der Waals surface area contributed by atoms with Gasteiger partial charge in [0.2, 0.25) is 35.1 Å². The van der Waals surface area contributed by atoms with Crippen molar-refractivity contribution in [3.63, 3.8) is 0 Å². The van der Waals surface area contributed by atoms with E-state index in [1.807, 2.05) is 24.8 Å². The first-order valence-electron chi connectivity index (χ1n) is 27.4. The van der Waals surface area contributed by atoms with Gasteiger partial charge in [-0.25, -0.2) is 18.8 Å². The molecule has 0 spiro atoms. The third-order valence-corrected chi connectivity index (χ3v) is 12.7. The Morgan fingerprint density at radius 3 is 1.51 bits per heavy atom. The Morgan fingerprint density at radius 2 is 1.05 bits per heavy atom. The first-order valence-corrected chi connectivity index (χ1v) is 27.4. The molecule has 5 aromatic rings. The molecule has 2 aromatic heterocycles. The Morgan fingerprint density at radius 1 is 0.595 bits per heavy atom. The summed E-state index contributed by atoms with van der Waals surface area (Å²) in [7, 11) is 0. The van der Waals surface area contributed by atoms with E-state index in [2.05, 4.69) is 54.5 Å². The number of carbonyl (C=O) groups is 6. The standard InChI is InChI=1S/C36H38F4N6O6.C24H30N6O2/c1-3-9-46(10-4-2)36(50)24-14-22-5-6-23(15-28(22)45-29(41)16-24)35(49)44-25-13-21(18-42-20-25)19-43-30(47)7-11-51-12-8-31(48)52-34-32(39)26(37)17-27(38)33(34)40;1-3-7-30(8-4-2)24(32)19-10-17-5-6-18(11-21(17)29-22(26)12-19)23(31)28-20-9-16(13-25)14-27-15-20/h5-6,13-15,17-18,20H,3-4,7-12,16,19H2,1-2H3,(H2,41,45)(H,43,47)(H,44,49);5-6,9-11,14-15H,3-4,7-8,12-13,25H2,1-2H3,(H2,26,29)(H,28,31). The molecule has 0 saturated heterocycles. The highest BCUT2D eigenvalue weighted by Crippen LogP contribution is 2.31. The number of fused-ring (bicyclic) bond motifs is 2. The lowest BCUT2D eigenvalue weighted by Crippen LogP contribution is -2.34. The first-order chi connectivity index (χ1) is 40.3. The van der Waals surface area contributed by atoms with Crippen LogP contribution in [0.1, 0.15) is 122 Å². The van der Waals surface area contributed by atoms with Gasteiger partial charge in [-0.3, -0.25) is 38.7 Å². The van der Waals surface area contributed by atoms with E-state index >= 15 is 0 Å². The molecule has 2 aliphatic rings. The third-order valence-electron chi connectivity index (χ3n) is 12.7. The quantitative estimate of drug-likeness (QED) is 0.0111. The second-order valence-electron chi connectivity index (χ2n) is 19.5. The average Bonchev–Trinajstić information content (AvgIpc) is 3.57. The van der Waals surface area contributed by atoms with Gasteiger partial charge in [0.25, 0.3) is 11.8 Å². The van der Waals surface area contributed by atoms with Gasteiger partial charge in [0.05, 0.1) is 54.8 Å². The number of nitrogens with one attached hydrogen (secondary N) is 3. The van der Waals surface area contributed by atoms with Gasteiger partial charge in [-0.1, -0.05) is 39.8 Å². The van der Waals surface area contributed by atoms with E-state index in [0.29, 0.717) is 94.7 Å². The van der Waals surface area contributed by atoms with Crippen molar-refractivity contribution >= 4 is 82.1 Å². The summed E-state index contributed by atoms with van der Waals surface area (Å²) in [5.41, 5.74) is 24.5. The molecule has 5 amide bonds. The number of amides is 5. The number of benzene rings is 3. The van der Waals surface area contributed by atoms with Gasteiger partial charge in [-0.15, -0.1) is 0 Å². The number of esters is 1. The van der Waals surface area contributed by atoms with Crippen molar-refractivity contribution in [3.05, 3.63) is 147 Å². The summed E-state index contributed by atoms with van der Waals surface area (Å²) < 4.78 is 63.4. The number of carbonyl (C=O) groups excluding carboxylic acids is 6. The molecule has 7 rings (SSSR count). The predicted octanol–water partition coefficient (Wildman–Crippen LogP) is 8.55. The van der Waals surface area contributed by atoms with Crippen molar-refractivity contribution in [2.45, 2.75) is 92.2 Å². The molecule has 0 unspecified atom stereocenters. The maximum Gasteiger partial charge on any atom is 0.313 e. The molecule has 3 aromatic carbocycles. The Bertz CT molecular complexity index is 3330. The molecule has 4 heterocycles. The van der Waals surface area contributed by atoms with Gasteiger partial charge in [0, 0.05) is 110 Å². The summed E-state index contributed by atoms with van der Waals surface area (Å²) in [4.78, 5) is 97.1. The number of halogens is 4. The molecule has 84 heavy (non-hydrogen) atoms. The van der Waals surface area contributed by atoms with E-state index in [9.17, 15) is 46.3 Å². The predicted molar refractivity (Wildman–Crippen MR) is 311 cm³/mol. The van der Waals surface area contributed by atoms with Crippen LogP contribution in [0.5, 0.6) is 5.75 Å². The van der Waals surface area contributed by atoms with Crippen LogP contribution in [0, 0.1) is 23.3 Å². The largest absolute Gasteiger partial charge is 0.420 e. The second kappa shape index (κ2) is 31.3. The molecular weight excluding hydrogens is 1090 g/mol. The fourth-order valence-electron chi connectivity index (χ4n) is 8.70. The van der Waals surface area contributed by atoms with Crippen LogP contribution < -0.4 is 37.9 Å². The van der Waals surface area contributed by atoms with E-state index in [0.717, 1.165) is 36.8 Å². The van der Waals surface area contributed by atoms with Crippen molar-refractivity contribution in [3.8, 4) is 5.75 Å². The highest BCUT2D eigenvalue weighted by atomic mass is 19.2. The Balaban J connectivity index is 0.000000302. The summed E-state index contributed by atoms with van der Waals surface area (Å²) in [6.07, 6.45) is 13.0. The number of rotatable bonds is 24. The number of aromatic nitrogens is 2. The van der Waals surface area contributed by atoms with Crippen LogP contribution in [0.3, 0.4) is 0 Å². The lowest BCUT2D eigenvalue weighted by Gasteiger charge is -2.22. The van der Waals surface area contributed by atoms with Gasteiger partial charge in [-0.2, -0.15) is 8.78 Å². The summed E-state index contributed by atoms with van der Waals surface area (Å²) in [6.45, 7) is 10.8. The Hall–Kier alpha value is -9.16. The SMILES string of the molecule is CCCN(CCC)C(=O)C1=Cc2ccc(C(=O)Nc3cncc(CN)c3)cc2N=C(N)C1.CCCN(CCC)C(=O)C1=Cc2ccc(C(=O)Nc3cncc(CNC(=O)CCOCCC(=O)Oc4c(F)c(F)cc(F)c4F)c3)cc2N=C(N)C1. The molecule has 0 fully saturated rings. The van der Waals surface area contributed by atoms with Crippen LogP contribution >= 0.6 is 0 Å². The molecule has 0 bridgehead atoms. The minimum atomic E-state index is -1.84. The number of amidine groups is 2. The van der Waals surface area contributed by atoms with E-state index in [4.69, 9.17) is 21.9 Å². The minimum absolute atomic E-state index is 0.0125. The number of anilines is 2. The minimum Gasteiger partial charge on any atom is -0.420 e. The van der Waals surface area contributed by atoms with Gasteiger partial charge in [0.15, 0.2) is 11.6 Å². The number of aliphatic imine (C=N–C) groups is 2. The van der Waals surface area contributed by atoms with Crippen molar-refractivity contribution < 1.29 is 55.8 Å². The Labute approximate surface area is 483 Å². The fourth-order valence-corrected chi connectivity index (χ4v) is 8.70. The molecule has 20 nitrogen and oxygen atoms in total. The van der Waals surface area contributed by atoms with Crippen molar-refractivity contribution in [1.82, 2.24) is 25.1 Å². The number of ether oxygens (including phenoxy) is 2. The zero-order valence-corrected chi connectivity index (χ0v) is 47.2. The van der Waals surface area contributed by atoms with E-state index in [1.54, 1.807) is 71.9 Å². The third kappa shape index (κ3) is 18.2. The maximum atomic E-state index is 13.7. The van der Waals surface area contributed by atoms with Crippen molar-refractivity contribution in [2.75, 3.05) is 50.0 Å². The highest BCUT2D eigenvalue weighted by molar-refractivity contribution is 6.09. The number of pyridine rings is 2. The zero-order chi connectivity index (χ0) is 60.9. The maximum absolute atomic E-state index is 13.7. The molecule has 0 atom stereocenters. The van der Waals surface area contributed by atoms with Gasteiger partial charge in [0.1, 0.15) is 11.7 Å². The molecule has 9 N–H and O–H groups in total. The lowest BCUT2D eigenvalue weighted by atomic mass is 10.0. The highest BCUT2D eigenvalue weighted by Gasteiger charge is 2.25. The molecule has 444 valence electrons. The lowest BCUT2D eigenvalue weighted by molar-refractivity contribution is -0.136. The second-order valence-corrected chi connectivity index (χ2v) is 19.5. The monoisotopic (exact) mass is 1160 g/mol. The number of hydrogen-bond donors (Lipinski definition) is 6. The van der Waals surface area contributed by atoms with Crippen LogP contribution in [0.25, 0.3) is 12.2 Å². The van der Waals surface area contributed by atoms with Crippen LogP contribution in [-0.2, 0) is 37.0 Å². The molecule has 2 aliphatic heterocycles. The normalized spacial score (nSPS) is 12.4. The average molecular weight is 1160 g/mol. The van der Waals surface area contributed by atoms with E-state index < -0.39 is 53.2 Å². The molecular formula is C60H68F4N12O8. The fraction of sp³-hybridized carbons (Fsp3) is 0.333. The summed E-state index contributed by atoms with van der Waals surface area (Å²) in [5, 5.41) is 8.26. The van der Waals surface area contributed by atoms with Gasteiger partial charge >= 0.3 is 5.97 Å². The molecule has 0 aliphatic carbocycles. The summed E-state index contributed by atoms with van der Waals surface area (Å²) in [6, 6.07) is 13.5. The smallest absolute Gasteiger partial charge is 0.313 e. The van der Waals surface area contributed by atoms with E-state index in [-0.39, 0.29) is 68.6 Å². The van der Waals surface area contributed by atoms with Gasteiger partial charge < -0.3 is 52.4 Å². The van der Waals surface area contributed by atoms with Crippen LogP contribution in [-0.4, -0.2) is 106 Å². The summed E-state index contributed by atoms with van der Waals surface area (Å²) in [5.74, 6) is -10.5. The molecule has 0 radical (unpaired) electrons. The van der Waals surface area contributed by atoms with Crippen molar-refractivity contribution in [2.24, 2.45) is 27.2 Å². The van der Waals surface area contributed by atoms with Gasteiger partial charge in [-0.05, 0) is 85.4 Å². The molecule has 24 heteroatoms.